The normalized spacial score (nSPS) is 10.6. The van der Waals surface area contributed by atoms with E-state index in [0.29, 0.717) is 28.0 Å². The van der Waals surface area contributed by atoms with Gasteiger partial charge in [0.2, 0.25) is 0 Å². The first-order chi connectivity index (χ1) is 10.3. The summed E-state index contributed by atoms with van der Waals surface area (Å²) in [5.41, 5.74) is 1.91. The third kappa shape index (κ3) is 4.18. The Hall–Kier alpha value is -2.14. The number of carbonyl (C=O) groups excluding carboxylic acids is 1. The summed E-state index contributed by atoms with van der Waals surface area (Å²) in [5, 5.41) is 6.57. The number of nitrogens with zero attached hydrogens (tertiary/aromatic N) is 2. The SMILES string of the molecule is Cc1nc(NC(C)C)cc(C(=O)Nc2ccc(C)c(Cl)c2)n1. The molecule has 0 unspecified atom stereocenters. The fraction of sp³-hybridized carbons (Fsp3) is 0.312. The minimum absolute atomic E-state index is 0.223. The van der Waals surface area contributed by atoms with Gasteiger partial charge in [-0.15, -0.1) is 0 Å². The molecule has 1 aromatic heterocycles. The van der Waals surface area contributed by atoms with Gasteiger partial charge in [-0.05, 0) is 45.4 Å². The Morgan fingerprint density at radius 1 is 1.18 bits per heavy atom. The minimum Gasteiger partial charge on any atom is -0.368 e. The Labute approximate surface area is 135 Å². The molecular weight excluding hydrogens is 300 g/mol. The average Bonchev–Trinajstić information content (AvgIpc) is 2.41. The Balaban J connectivity index is 2.21. The zero-order chi connectivity index (χ0) is 16.3. The lowest BCUT2D eigenvalue weighted by Gasteiger charge is -2.11. The molecule has 0 atom stereocenters. The molecule has 2 rings (SSSR count). The number of nitrogens with one attached hydrogen (secondary N) is 2. The van der Waals surface area contributed by atoms with Gasteiger partial charge in [0.05, 0.1) is 0 Å². The van der Waals surface area contributed by atoms with E-state index < -0.39 is 0 Å². The van der Waals surface area contributed by atoms with E-state index in [1.54, 1.807) is 25.1 Å². The molecule has 2 N–H and O–H groups in total. The topological polar surface area (TPSA) is 66.9 Å². The highest BCUT2D eigenvalue weighted by Gasteiger charge is 2.12. The van der Waals surface area contributed by atoms with Crippen LogP contribution < -0.4 is 10.6 Å². The maximum absolute atomic E-state index is 12.3. The van der Waals surface area contributed by atoms with Crippen molar-refractivity contribution in [3.63, 3.8) is 0 Å². The molecule has 5 nitrogen and oxygen atoms in total. The van der Waals surface area contributed by atoms with Crippen LogP contribution in [-0.4, -0.2) is 21.9 Å². The number of carbonyl (C=O) groups is 1. The van der Waals surface area contributed by atoms with Crippen LogP contribution >= 0.6 is 11.6 Å². The van der Waals surface area contributed by atoms with Gasteiger partial charge in [-0.1, -0.05) is 17.7 Å². The summed E-state index contributed by atoms with van der Waals surface area (Å²) in [6, 6.07) is 7.24. The van der Waals surface area contributed by atoms with Crippen molar-refractivity contribution in [3.05, 3.63) is 46.4 Å². The van der Waals surface area contributed by atoms with Crippen LogP contribution in [0.25, 0.3) is 0 Å². The van der Waals surface area contributed by atoms with Crippen molar-refractivity contribution in [3.8, 4) is 0 Å². The number of hydrogen-bond acceptors (Lipinski definition) is 4. The van der Waals surface area contributed by atoms with E-state index in [0.717, 1.165) is 5.56 Å². The van der Waals surface area contributed by atoms with Crippen molar-refractivity contribution in [1.82, 2.24) is 9.97 Å². The zero-order valence-electron chi connectivity index (χ0n) is 13.1. The van der Waals surface area contributed by atoms with Gasteiger partial charge in [0.1, 0.15) is 17.3 Å². The maximum atomic E-state index is 12.3. The Morgan fingerprint density at radius 2 is 1.91 bits per heavy atom. The molecule has 1 heterocycles. The van der Waals surface area contributed by atoms with Crippen LogP contribution in [0.4, 0.5) is 11.5 Å². The second-order valence-electron chi connectivity index (χ2n) is 5.40. The molecule has 2 aromatic rings. The molecule has 0 aliphatic heterocycles. The van der Waals surface area contributed by atoms with Crippen LogP contribution in [0.1, 0.15) is 35.7 Å². The van der Waals surface area contributed by atoms with Crippen LogP contribution in [0, 0.1) is 13.8 Å². The molecule has 0 aliphatic rings. The second-order valence-corrected chi connectivity index (χ2v) is 5.81. The van der Waals surface area contributed by atoms with Gasteiger partial charge in [0.25, 0.3) is 5.91 Å². The number of aromatic nitrogens is 2. The number of halogens is 1. The molecule has 6 heteroatoms. The summed E-state index contributed by atoms with van der Waals surface area (Å²) in [6.45, 7) is 7.67. The zero-order valence-corrected chi connectivity index (χ0v) is 13.8. The van der Waals surface area contributed by atoms with E-state index >= 15 is 0 Å². The van der Waals surface area contributed by atoms with Crippen molar-refractivity contribution < 1.29 is 4.79 Å². The molecule has 1 aromatic carbocycles. The quantitative estimate of drug-likeness (QED) is 0.899. The number of anilines is 2. The maximum Gasteiger partial charge on any atom is 0.274 e. The van der Waals surface area contributed by atoms with Crippen LogP contribution in [0.3, 0.4) is 0 Å². The lowest BCUT2D eigenvalue weighted by molar-refractivity contribution is 0.102. The summed E-state index contributed by atoms with van der Waals surface area (Å²) in [5.74, 6) is 0.879. The van der Waals surface area contributed by atoms with Crippen LogP contribution in [0.2, 0.25) is 5.02 Å². The lowest BCUT2D eigenvalue weighted by atomic mass is 10.2. The highest BCUT2D eigenvalue weighted by molar-refractivity contribution is 6.31. The number of rotatable bonds is 4. The van der Waals surface area contributed by atoms with Gasteiger partial charge in [-0.25, -0.2) is 9.97 Å². The van der Waals surface area contributed by atoms with E-state index in [1.807, 2.05) is 26.8 Å². The summed E-state index contributed by atoms with van der Waals surface area (Å²) in [4.78, 5) is 20.8. The van der Waals surface area contributed by atoms with Crippen LogP contribution in [-0.2, 0) is 0 Å². The van der Waals surface area contributed by atoms with Crippen molar-refractivity contribution in [2.45, 2.75) is 33.7 Å². The lowest BCUT2D eigenvalue weighted by Crippen LogP contribution is -2.17. The molecule has 22 heavy (non-hydrogen) atoms. The molecule has 0 aliphatic carbocycles. The minimum atomic E-state index is -0.294. The first kappa shape index (κ1) is 16.2. The Bertz CT molecular complexity index is 701. The fourth-order valence-electron chi connectivity index (χ4n) is 1.92. The Morgan fingerprint density at radius 3 is 2.55 bits per heavy atom. The number of hydrogen-bond donors (Lipinski definition) is 2. The van der Waals surface area contributed by atoms with Gasteiger partial charge in [-0.3, -0.25) is 4.79 Å². The molecule has 0 radical (unpaired) electrons. The summed E-state index contributed by atoms with van der Waals surface area (Å²) in [6.07, 6.45) is 0. The highest BCUT2D eigenvalue weighted by atomic mass is 35.5. The smallest absolute Gasteiger partial charge is 0.274 e. The molecule has 0 spiro atoms. The standard InChI is InChI=1S/C16H19ClN4O/c1-9(2)18-15-8-14(19-11(4)20-15)16(22)21-12-6-5-10(3)13(17)7-12/h5-9H,1-4H3,(H,21,22)(H,18,19,20). The van der Waals surface area contributed by atoms with Gasteiger partial charge in [0, 0.05) is 22.8 Å². The first-order valence-electron chi connectivity index (χ1n) is 7.05. The van der Waals surface area contributed by atoms with E-state index in [-0.39, 0.29) is 11.9 Å². The van der Waals surface area contributed by atoms with Crippen molar-refractivity contribution in [2.24, 2.45) is 0 Å². The van der Waals surface area contributed by atoms with Gasteiger partial charge >= 0.3 is 0 Å². The first-order valence-corrected chi connectivity index (χ1v) is 7.42. The molecule has 0 saturated heterocycles. The molecule has 0 fully saturated rings. The number of amides is 1. The predicted octanol–water partition coefficient (Wildman–Crippen LogP) is 3.82. The third-order valence-corrected chi connectivity index (χ3v) is 3.34. The molecule has 116 valence electrons. The average molecular weight is 319 g/mol. The predicted molar refractivity (Wildman–Crippen MR) is 89.7 cm³/mol. The van der Waals surface area contributed by atoms with Crippen LogP contribution in [0.15, 0.2) is 24.3 Å². The van der Waals surface area contributed by atoms with E-state index in [4.69, 9.17) is 11.6 Å². The van der Waals surface area contributed by atoms with Crippen molar-refractivity contribution in [1.29, 1.82) is 0 Å². The van der Waals surface area contributed by atoms with Gasteiger partial charge in [-0.2, -0.15) is 0 Å². The van der Waals surface area contributed by atoms with Gasteiger partial charge < -0.3 is 10.6 Å². The van der Waals surface area contributed by atoms with Crippen molar-refractivity contribution in [2.75, 3.05) is 10.6 Å². The highest BCUT2D eigenvalue weighted by Crippen LogP contribution is 2.20. The molecule has 1 amide bonds. The number of aryl methyl sites for hydroxylation is 2. The molecule has 0 saturated carbocycles. The molecular formula is C16H19ClN4O. The summed E-state index contributed by atoms with van der Waals surface area (Å²) >= 11 is 6.06. The van der Waals surface area contributed by atoms with E-state index in [9.17, 15) is 4.79 Å². The van der Waals surface area contributed by atoms with Crippen molar-refractivity contribution >= 4 is 29.0 Å². The fourth-order valence-corrected chi connectivity index (χ4v) is 2.10. The van der Waals surface area contributed by atoms with Gasteiger partial charge in [0.15, 0.2) is 0 Å². The van der Waals surface area contributed by atoms with Crippen LogP contribution in [0.5, 0.6) is 0 Å². The third-order valence-electron chi connectivity index (χ3n) is 2.94. The second kappa shape index (κ2) is 6.75. The largest absolute Gasteiger partial charge is 0.368 e. The van der Waals surface area contributed by atoms with E-state index in [1.165, 1.54) is 0 Å². The summed E-state index contributed by atoms with van der Waals surface area (Å²) < 4.78 is 0. The molecule has 0 bridgehead atoms. The summed E-state index contributed by atoms with van der Waals surface area (Å²) in [7, 11) is 0. The van der Waals surface area contributed by atoms with E-state index in [2.05, 4.69) is 20.6 Å². The number of benzene rings is 1. The Kier molecular flexibility index (Phi) is 4.98. The monoisotopic (exact) mass is 318 g/mol.